The summed E-state index contributed by atoms with van der Waals surface area (Å²) in [5.74, 6) is -0.0249. The first-order valence-corrected chi connectivity index (χ1v) is 6.32. The number of nitrogens with zero attached hydrogens (tertiary/aromatic N) is 2. The fraction of sp³-hybridized carbons (Fsp3) is 0.133. The molecule has 0 saturated carbocycles. The predicted octanol–water partition coefficient (Wildman–Crippen LogP) is 2.81. The summed E-state index contributed by atoms with van der Waals surface area (Å²) in [7, 11) is 0. The minimum atomic E-state index is -1.04. The first kappa shape index (κ1) is 13.1. The maximum Gasteiger partial charge on any atom is 0.340 e. The van der Waals surface area contributed by atoms with Gasteiger partial charge in [-0.3, -0.25) is 0 Å². The smallest absolute Gasteiger partial charge is 0.340 e. The SMILES string of the molecule is Cc1nnc(COc2ccc3ccccc3c2C(=O)O)o1. The number of aromatic nitrogens is 2. The summed E-state index contributed by atoms with van der Waals surface area (Å²) >= 11 is 0. The van der Waals surface area contributed by atoms with E-state index in [0.29, 0.717) is 17.2 Å². The minimum absolute atomic E-state index is 0.0272. The molecule has 2 aromatic carbocycles. The Bertz CT molecular complexity index is 810. The van der Waals surface area contributed by atoms with Crippen molar-refractivity contribution in [1.82, 2.24) is 10.2 Å². The van der Waals surface area contributed by atoms with Crippen LogP contribution in [0.15, 0.2) is 40.8 Å². The maximum atomic E-state index is 11.5. The molecule has 1 heterocycles. The molecule has 0 aliphatic heterocycles. The molecule has 21 heavy (non-hydrogen) atoms. The van der Waals surface area contributed by atoms with Crippen molar-refractivity contribution in [2.45, 2.75) is 13.5 Å². The van der Waals surface area contributed by atoms with Gasteiger partial charge < -0.3 is 14.3 Å². The highest BCUT2D eigenvalue weighted by Crippen LogP contribution is 2.28. The maximum absolute atomic E-state index is 11.5. The van der Waals surface area contributed by atoms with Crippen LogP contribution in [0.2, 0.25) is 0 Å². The number of aromatic carboxylic acids is 1. The van der Waals surface area contributed by atoms with Crippen molar-refractivity contribution in [1.29, 1.82) is 0 Å². The Labute approximate surface area is 120 Å². The number of benzene rings is 2. The van der Waals surface area contributed by atoms with Crippen LogP contribution in [0, 0.1) is 6.92 Å². The van der Waals surface area contributed by atoms with Crippen molar-refractivity contribution in [3.05, 3.63) is 53.7 Å². The van der Waals surface area contributed by atoms with E-state index < -0.39 is 5.97 Å². The molecule has 1 aromatic heterocycles. The number of ether oxygens (including phenoxy) is 1. The first-order valence-electron chi connectivity index (χ1n) is 6.32. The molecule has 0 unspecified atom stereocenters. The lowest BCUT2D eigenvalue weighted by Gasteiger charge is -2.10. The van der Waals surface area contributed by atoms with Crippen molar-refractivity contribution in [3.63, 3.8) is 0 Å². The topological polar surface area (TPSA) is 85.5 Å². The molecule has 3 aromatic rings. The summed E-state index contributed by atoms with van der Waals surface area (Å²) in [5, 5.41) is 18.4. The molecule has 0 bridgehead atoms. The second kappa shape index (κ2) is 5.24. The van der Waals surface area contributed by atoms with Gasteiger partial charge in [-0.05, 0) is 16.8 Å². The molecular weight excluding hydrogens is 272 g/mol. The zero-order valence-corrected chi connectivity index (χ0v) is 11.2. The molecule has 6 nitrogen and oxygen atoms in total. The van der Waals surface area contributed by atoms with Gasteiger partial charge in [-0.25, -0.2) is 4.79 Å². The van der Waals surface area contributed by atoms with Crippen LogP contribution < -0.4 is 4.74 Å². The minimum Gasteiger partial charge on any atom is -0.483 e. The molecule has 0 aliphatic carbocycles. The average molecular weight is 284 g/mol. The van der Waals surface area contributed by atoms with Crippen LogP contribution >= 0.6 is 0 Å². The quantitative estimate of drug-likeness (QED) is 0.792. The number of rotatable bonds is 4. The van der Waals surface area contributed by atoms with E-state index in [9.17, 15) is 9.90 Å². The normalized spacial score (nSPS) is 10.7. The van der Waals surface area contributed by atoms with Crippen LogP contribution in [0.25, 0.3) is 10.8 Å². The fourth-order valence-electron chi connectivity index (χ4n) is 2.13. The fourth-order valence-corrected chi connectivity index (χ4v) is 2.13. The highest BCUT2D eigenvalue weighted by Gasteiger charge is 2.16. The Morgan fingerprint density at radius 2 is 2.05 bits per heavy atom. The monoisotopic (exact) mass is 284 g/mol. The number of aryl methyl sites for hydroxylation is 1. The van der Waals surface area contributed by atoms with E-state index in [1.165, 1.54) is 0 Å². The highest BCUT2D eigenvalue weighted by molar-refractivity contribution is 6.06. The summed E-state index contributed by atoms with van der Waals surface area (Å²) in [5.41, 5.74) is 0.129. The molecule has 3 rings (SSSR count). The second-order valence-electron chi connectivity index (χ2n) is 4.47. The van der Waals surface area contributed by atoms with E-state index in [2.05, 4.69) is 10.2 Å². The third-order valence-corrected chi connectivity index (χ3v) is 3.02. The van der Waals surface area contributed by atoms with Gasteiger partial charge in [-0.2, -0.15) is 0 Å². The molecule has 0 fully saturated rings. The van der Waals surface area contributed by atoms with Crippen LogP contribution in [0.5, 0.6) is 5.75 Å². The lowest BCUT2D eigenvalue weighted by Crippen LogP contribution is -2.04. The van der Waals surface area contributed by atoms with E-state index >= 15 is 0 Å². The Kier molecular flexibility index (Phi) is 3.27. The van der Waals surface area contributed by atoms with Crippen molar-refractivity contribution < 1.29 is 19.1 Å². The van der Waals surface area contributed by atoms with E-state index in [1.807, 2.05) is 18.2 Å². The molecule has 0 saturated heterocycles. The zero-order chi connectivity index (χ0) is 14.8. The summed E-state index contributed by atoms with van der Waals surface area (Å²) in [6.07, 6.45) is 0. The number of carbonyl (C=O) groups is 1. The number of fused-ring (bicyclic) bond motifs is 1. The van der Waals surface area contributed by atoms with E-state index in [1.54, 1.807) is 25.1 Å². The Hall–Kier alpha value is -2.89. The summed E-state index contributed by atoms with van der Waals surface area (Å²) in [6, 6.07) is 10.7. The Morgan fingerprint density at radius 1 is 1.24 bits per heavy atom. The van der Waals surface area contributed by atoms with Crippen LogP contribution in [0.3, 0.4) is 0 Å². The Morgan fingerprint density at radius 3 is 2.76 bits per heavy atom. The molecule has 0 aliphatic rings. The third-order valence-electron chi connectivity index (χ3n) is 3.02. The molecule has 0 spiro atoms. The van der Waals surface area contributed by atoms with Gasteiger partial charge in [0.1, 0.15) is 11.3 Å². The van der Waals surface area contributed by atoms with Gasteiger partial charge in [0.15, 0.2) is 6.61 Å². The molecule has 6 heteroatoms. The first-order chi connectivity index (χ1) is 10.1. The van der Waals surface area contributed by atoms with Crippen molar-refractivity contribution in [2.24, 2.45) is 0 Å². The summed E-state index contributed by atoms with van der Waals surface area (Å²) in [4.78, 5) is 11.5. The highest BCUT2D eigenvalue weighted by atomic mass is 16.5. The number of hydrogen-bond donors (Lipinski definition) is 1. The van der Waals surface area contributed by atoms with Crippen LogP contribution in [-0.4, -0.2) is 21.3 Å². The number of carboxylic acid groups (broad SMARTS) is 1. The van der Waals surface area contributed by atoms with Gasteiger partial charge in [0.25, 0.3) is 5.89 Å². The predicted molar refractivity (Wildman–Crippen MR) is 74.3 cm³/mol. The van der Waals surface area contributed by atoms with Gasteiger partial charge in [-0.15, -0.1) is 10.2 Å². The van der Waals surface area contributed by atoms with Gasteiger partial charge in [0.2, 0.25) is 5.89 Å². The molecule has 0 radical (unpaired) electrons. The molecule has 106 valence electrons. The molecule has 0 amide bonds. The van der Waals surface area contributed by atoms with E-state index in [0.717, 1.165) is 5.39 Å². The lowest BCUT2D eigenvalue weighted by molar-refractivity contribution is 0.0693. The summed E-state index contributed by atoms with van der Waals surface area (Å²) < 4.78 is 10.7. The van der Waals surface area contributed by atoms with Crippen molar-refractivity contribution in [3.8, 4) is 5.75 Å². The van der Waals surface area contributed by atoms with E-state index in [-0.39, 0.29) is 17.9 Å². The number of carboxylic acids is 1. The van der Waals surface area contributed by atoms with Gasteiger partial charge >= 0.3 is 5.97 Å². The third kappa shape index (κ3) is 2.55. The van der Waals surface area contributed by atoms with Crippen molar-refractivity contribution in [2.75, 3.05) is 0 Å². The van der Waals surface area contributed by atoms with Gasteiger partial charge in [-0.1, -0.05) is 30.3 Å². The van der Waals surface area contributed by atoms with Crippen LogP contribution in [-0.2, 0) is 6.61 Å². The molecular formula is C15H12N2O4. The summed E-state index contributed by atoms with van der Waals surface area (Å²) in [6.45, 7) is 1.70. The van der Waals surface area contributed by atoms with E-state index in [4.69, 9.17) is 9.15 Å². The standard InChI is InChI=1S/C15H12N2O4/c1-9-16-17-13(21-9)8-20-12-7-6-10-4-2-3-5-11(10)14(12)15(18)19/h2-7H,8H2,1H3,(H,18,19). The zero-order valence-electron chi connectivity index (χ0n) is 11.2. The van der Waals surface area contributed by atoms with Gasteiger partial charge in [0, 0.05) is 6.92 Å². The largest absolute Gasteiger partial charge is 0.483 e. The average Bonchev–Trinajstić information content (AvgIpc) is 2.89. The lowest BCUT2D eigenvalue weighted by atomic mass is 10.0. The second-order valence-corrected chi connectivity index (χ2v) is 4.47. The van der Waals surface area contributed by atoms with Crippen LogP contribution in [0.1, 0.15) is 22.1 Å². The molecule has 1 N–H and O–H groups in total. The number of hydrogen-bond acceptors (Lipinski definition) is 5. The van der Waals surface area contributed by atoms with Gasteiger partial charge in [0.05, 0.1) is 0 Å². The van der Waals surface area contributed by atoms with Crippen LogP contribution in [0.4, 0.5) is 0 Å². The van der Waals surface area contributed by atoms with Crippen molar-refractivity contribution >= 4 is 16.7 Å². The molecule has 0 atom stereocenters. The Balaban J connectivity index is 1.97.